The molecular weight excluding hydrogens is 590 g/mol. The van der Waals surface area contributed by atoms with E-state index in [1.807, 2.05) is 0 Å². The van der Waals surface area contributed by atoms with Crippen LogP contribution in [0.3, 0.4) is 0 Å². The topological polar surface area (TPSA) is 162 Å². The van der Waals surface area contributed by atoms with Gasteiger partial charge in [0.15, 0.2) is 11.5 Å². The van der Waals surface area contributed by atoms with Gasteiger partial charge in [0.05, 0.1) is 17.8 Å². The Morgan fingerprint density at radius 2 is 1.33 bits per heavy atom. The lowest BCUT2D eigenvalue weighted by molar-refractivity contribution is -0.152. The molecule has 0 bridgehead atoms. The minimum Gasteiger partial charge on any atom is -0.458 e. The molecule has 2 rings (SSSR count). The number of benzene rings is 2. The van der Waals surface area contributed by atoms with Gasteiger partial charge in [-0.1, -0.05) is 24.3 Å². The summed E-state index contributed by atoms with van der Waals surface area (Å²) < 4.78 is 36.5. The molecule has 0 spiro atoms. The van der Waals surface area contributed by atoms with E-state index >= 15 is 0 Å². The number of esters is 2. The number of carbonyl (C=O) groups is 5. The van der Waals surface area contributed by atoms with Crippen LogP contribution in [-0.4, -0.2) is 66.9 Å². The van der Waals surface area contributed by atoms with Crippen LogP contribution in [0.2, 0.25) is 0 Å². The first-order valence-corrected chi connectivity index (χ1v) is 14.3. The van der Waals surface area contributed by atoms with Crippen molar-refractivity contribution in [3.05, 3.63) is 59.7 Å². The lowest BCUT2D eigenvalue weighted by Gasteiger charge is -2.24. The zero-order valence-corrected chi connectivity index (χ0v) is 26.7. The maximum Gasteiger partial charge on any atom is 0.514 e. The molecule has 0 aliphatic carbocycles. The van der Waals surface area contributed by atoms with Crippen LogP contribution in [0.15, 0.2) is 48.5 Å². The Kier molecular flexibility index (Phi) is 13.6. The van der Waals surface area contributed by atoms with Crippen LogP contribution >= 0.6 is 0 Å². The van der Waals surface area contributed by atoms with Crippen LogP contribution in [0.5, 0.6) is 11.5 Å². The van der Waals surface area contributed by atoms with Crippen molar-refractivity contribution in [3.8, 4) is 11.5 Å². The smallest absolute Gasteiger partial charge is 0.458 e. The van der Waals surface area contributed by atoms with Crippen molar-refractivity contribution in [2.75, 3.05) is 6.61 Å². The second-order valence-electron chi connectivity index (χ2n) is 11.4. The van der Waals surface area contributed by atoms with E-state index in [0.717, 1.165) is 0 Å². The number of nitrogens with one attached hydrogen (secondary N) is 1. The first-order valence-electron chi connectivity index (χ1n) is 14.3. The Bertz CT molecular complexity index is 1320. The van der Waals surface area contributed by atoms with Gasteiger partial charge in [-0.25, -0.2) is 24.0 Å². The standard InChI is InChI=1S/C32H41NO12/c1-19(2)40-30(37)43-25-15-14-22(17-26(25)44-31(38)41-20(3)4)16-24(33-29(36)45-32(6,7)8)28(35)42-21(5)18-39-27(34)23-12-10-9-11-13-23/h9-15,17,19-21,24H,16,18H2,1-8H3,(H,33,36)/t21-,24+/m1/s1. The Morgan fingerprint density at radius 3 is 1.89 bits per heavy atom. The van der Waals surface area contributed by atoms with Crippen molar-refractivity contribution in [3.63, 3.8) is 0 Å². The summed E-state index contributed by atoms with van der Waals surface area (Å²) >= 11 is 0. The number of amides is 1. The first kappa shape index (κ1) is 36.4. The highest BCUT2D eigenvalue weighted by Gasteiger charge is 2.28. The molecule has 2 aromatic carbocycles. The van der Waals surface area contributed by atoms with Crippen LogP contribution in [0.25, 0.3) is 0 Å². The van der Waals surface area contributed by atoms with E-state index in [-0.39, 0.29) is 24.5 Å². The van der Waals surface area contributed by atoms with Crippen LogP contribution < -0.4 is 14.8 Å². The summed E-state index contributed by atoms with van der Waals surface area (Å²) in [5.74, 6) is -1.81. The van der Waals surface area contributed by atoms with Crippen molar-refractivity contribution < 1.29 is 57.1 Å². The number of hydrogen-bond acceptors (Lipinski definition) is 12. The molecular formula is C32H41NO12. The van der Waals surface area contributed by atoms with Crippen LogP contribution in [0.1, 0.15) is 71.3 Å². The molecule has 13 nitrogen and oxygen atoms in total. The lowest BCUT2D eigenvalue weighted by atomic mass is 10.1. The van der Waals surface area contributed by atoms with Crippen molar-refractivity contribution in [1.29, 1.82) is 0 Å². The van der Waals surface area contributed by atoms with E-state index in [9.17, 15) is 24.0 Å². The molecule has 1 N–H and O–H groups in total. The highest BCUT2D eigenvalue weighted by atomic mass is 16.7. The fourth-order valence-corrected chi connectivity index (χ4v) is 3.50. The van der Waals surface area contributed by atoms with Crippen molar-refractivity contribution >= 4 is 30.3 Å². The van der Waals surface area contributed by atoms with Gasteiger partial charge in [0.25, 0.3) is 0 Å². The van der Waals surface area contributed by atoms with E-state index in [1.54, 1.807) is 78.8 Å². The molecule has 0 saturated carbocycles. The highest BCUT2D eigenvalue weighted by Crippen LogP contribution is 2.30. The minimum atomic E-state index is -1.29. The zero-order chi connectivity index (χ0) is 33.7. The van der Waals surface area contributed by atoms with E-state index < -0.39 is 60.3 Å². The Hall–Kier alpha value is -4.81. The third-order valence-corrected chi connectivity index (χ3v) is 5.25. The molecule has 13 heteroatoms. The van der Waals surface area contributed by atoms with Gasteiger partial charge in [-0.05, 0) is 85.2 Å². The quantitative estimate of drug-likeness (QED) is 0.172. The first-order chi connectivity index (χ1) is 21.0. The van der Waals surface area contributed by atoms with Gasteiger partial charge in [-0.3, -0.25) is 0 Å². The van der Waals surface area contributed by atoms with E-state index in [4.69, 9.17) is 33.2 Å². The third kappa shape index (κ3) is 14.0. The fourth-order valence-electron chi connectivity index (χ4n) is 3.50. The van der Waals surface area contributed by atoms with Crippen LogP contribution in [-0.2, 0) is 34.9 Å². The molecule has 246 valence electrons. The fraction of sp³-hybridized carbons (Fsp3) is 0.469. The molecule has 0 fully saturated rings. The molecule has 0 saturated heterocycles. The lowest BCUT2D eigenvalue weighted by Crippen LogP contribution is -2.46. The molecule has 45 heavy (non-hydrogen) atoms. The van der Waals surface area contributed by atoms with Crippen molar-refractivity contribution in [2.45, 2.75) is 91.8 Å². The molecule has 0 unspecified atom stereocenters. The van der Waals surface area contributed by atoms with E-state index in [1.165, 1.54) is 25.1 Å². The minimum absolute atomic E-state index is 0.154. The molecule has 0 heterocycles. The predicted molar refractivity (Wildman–Crippen MR) is 160 cm³/mol. The summed E-state index contributed by atoms with van der Waals surface area (Å²) in [7, 11) is 0. The van der Waals surface area contributed by atoms with Gasteiger partial charge in [0, 0.05) is 6.42 Å². The molecule has 2 aromatic rings. The van der Waals surface area contributed by atoms with E-state index in [0.29, 0.717) is 11.1 Å². The Balaban J connectivity index is 2.27. The predicted octanol–water partition coefficient (Wildman–Crippen LogP) is 5.76. The average Bonchev–Trinajstić information content (AvgIpc) is 2.91. The molecule has 1 amide bonds. The number of hydrogen-bond donors (Lipinski definition) is 1. The largest absolute Gasteiger partial charge is 0.514 e. The summed E-state index contributed by atoms with van der Waals surface area (Å²) in [6, 6.07) is 11.2. The Labute approximate surface area is 262 Å². The van der Waals surface area contributed by atoms with E-state index in [2.05, 4.69) is 5.32 Å². The highest BCUT2D eigenvalue weighted by molar-refractivity contribution is 5.89. The van der Waals surface area contributed by atoms with Gasteiger partial charge in [-0.2, -0.15) is 0 Å². The van der Waals surface area contributed by atoms with Gasteiger partial charge in [0.1, 0.15) is 24.4 Å². The van der Waals surface area contributed by atoms with Crippen LogP contribution in [0.4, 0.5) is 14.4 Å². The molecule has 0 aliphatic heterocycles. The average molecular weight is 632 g/mol. The summed E-state index contributed by atoms with van der Waals surface area (Å²) in [6.07, 6.45) is -4.99. The molecule has 0 aliphatic rings. The Morgan fingerprint density at radius 1 is 0.756 bits per heavy atom. The van der Waals surface area contributed by atoms with Crippen LogP contribution in [0, 0.1) is 0 Å². The normalized spacial score (nSPS) is 12.4. The van der Waals surface area contributed by atoms with Crippen molar-refractivity contribution in [2.24, 2.45) is 0 Å². The number of ether oxygens (including phenoxy) is 7. The second-order valence-corrected chi connectivity index (χ2v) is 11.4. The molecule has 0 radical (unpaired) electrons. The number of carbonyl (C=O) groups excluding carboxylic acids is 5. The number of rotatable bonds is 12. The van der Waals surface area contributed by atoms with Gasteiger partial charge in [-0.15, -0.1) is 0 Å². The molecule has 2 atom stereocenters. The number of alkyl carbamates (subject to hydrolysis) is 1. The SMILES string of the molecule is CC(C)OC(=O)Oc1ccc(C[C@H](NC(=O)OC(C)(C)C)C(=O)O[C@H](C)COC(=O)c2ccccc2)cc1OC(=O)OC(C)C. The summed E-state index contributed by atoms with van der Waals surface area (Å²) in [5.41, 5.74) is -0.160. The van der Waals surface area contributed by atoms with Gasteiger partial charge >= 0.3 is 30.3 Å². The summed E-state index contributed by atoms with van der Waals surface area (Å²) in [5, 5.41) is 2.49. The summed E-state index contributed by atoms with van der Waals surface area (Å²) in [4.78, 5) is 62.6. The van der Waals surface area contributed by atoms with Gasteiger partial charge < -0.3 is 38.5 Å². The van der Waals surface area contributed by atoms with Crippen molar-refractivity contribution in [1.82, 2.24) is 5.32 Å². The maximum atomic E-state index is 13.2. The second kappa shape index (κ2) is 16.9. The monoisotopic (exact) mass is 631 g/mol. The zero-order valence-electron chi connectivity index (χ0n) is 26.7. The van der Waals surface area contributed by atoms with Gasteiger partial charge in [0.2, 0.25) is 0 Å². The third-order valence-electron chi connectivity index (χ3n) is 5.25. The summed E-state index contributed by atoms with van der Waals surface area (Å²) in [6.45, 7) is 12.8. The maximum absolute atomic E-state index is 13.2. The molecule has 0 aromatic heterocycles.